The summed E-state index contributed by atoms with van der Waals surface area (Å²) in [7, 11) is 1.72. The van der Waals surface area contributed by atoms with Crippen LogP contribution in [0.25, 0.3) is 0 Å². The van der Waals surface area contributed by atoms with Gasteiger partial charge >= 0.3 is 0 Å². The summed E-state index contributed by atoms with van der Waals surface area (Å²) in [5, 5.41) is 1.20. The number of ether oxygens (including phenoxy) is 1. The Morgan fingerprint density at radius 1 is 1.33 bits per heavy atom. The van der Waals surface area contributed by atoms with Crippen molar-refractivity contribution in [3.05, 3.63) is 29.8 Å². The van der Waals surface area contributed by atoms with Crippen molar-refractivity contribution in [2.75, 3.05) is 18.6 Å². The highest BCUT2D eigenvalue weighted by molar-refractivity contribution is 8.07. The molecule has 0 saturated carbocycles. The predicted octanol–water partition coefficient (Wildman–Crippen LogP) is 2.80. The van der Waals surface area contributed by atoms with Crippen LogP contribution >= 0.6 is 23.5 Å². The molecule has 3 atom stereocenters. The molecule has 1 saturated heterocycles. The Hall–Kier alpha value is -0.320. The molecular weight excluding hydrogens is 262 g/mol. The maximum absolute atomic E-state index is 6.40. The van der Waals surface area contributed by atoms with Crippen molar-refractivity contribution in [1.29, 1.82) is 0 Å². The standard InChI is InChI=1S/C14H21NOS2/c1-10-14(18-8-7-17-10)12(15)9-11-5-3-4-6-13(11)16-2/h3-6,10,12,14H,7-9,15H2,1-2H3. The third kappa shape index (κ3) is 3.37. The SMILES string of the molecule is COc1ccccc1CC(N)C1SCCSC1C. The monoisotopic (exact) mass is 283 g/mol. The van der Waals surface area contributed by atoms with Crippen LogP contribution in [0.4, 0.5) is 0 Å². The molecule has 0 spiro atoms. The molecule has 1 aromatic carbocycles. The Morgan fingerprint density at radius 3 is 2.78 bits per heavy atom. The zero-order valence-corrected chi connectivity index (χ0v) is 12.6. The lowest BCUT2D eigenvalue weighted by Gasteiger charge is -2.32. The van der Waals surface area contributed by atoms with Gasteiger partial charge in [0.25, 0.3) is 0 Å². The number of nitrogens with two attached hydrogens (primary N) is 1. The number of thioether (sulfide) groups is 2. The molecule has 1 heterocycles. The first-order chi connectivity index (χ1) is 8.72. The molecule has 0 amide bonds. The zero-order valence-electron chi connectivity index (χ0n) is 11.0. The van der Waals surface area contributed by atoms with Crippen molar-refractivity contribution >= 4 is 23.5 Å². The third-order valence-corrected chi connectivity index (χ3v) is 6.58. The smallest absolute Gasteiger partial charge is 0.122 e. The molecule has 2 nitrogen and oxygen atoms in total. The lowest BCUT2D eigenvalue weighted by Crippen LogP contribution is -2.42. The van der Waals surface area contributed by atoms with E-state index in [0.717, 1.165) is 12.2 Å². The van der Waals surface area contributed by atoms with Crippen LogP contribution < -0.4 is 10.5 Å². The fraction of sp³-hybridized carbons (Fsp3) is 0.571. The minimum atomic E-state index is 0.203. The van der Waals surface area contributed by atoms with E-state index in [1.807, 2.05) is 35.7 Å². The summed E-state index contributed by atoms with van der Waals surface area (Å²) >= 11 is 4.07. The zero-order chi connectivity index (χ0) is 13.0. The highest BCUT2D eigenvalue weighted by Crippen LogP contribution is 2.34. The van der Waals surface area contributed by atoms with Crippen LogP contribution in [-0.4, -0.2) is 35.2 Å². The summed E-state index contributed by atoms with van der Waals surface area (Å²) in [5.41, 5.74) is 7.62. The molecule has 4 heteroatoms. The number of hydrogen-bond acceptors (Lipinski definition) is 4. The van der Waals surface area contributed by atoms with E-state index >= 15 is 0 Å². The minimum Gasteiger partial charge on any atom is -0.496 e. The van der Waals surface area contributed by atoms with E-state index in [1.165, 1.54) is 17.1 Å². The largest absolute Gasteiger partial charge is 0.496 e. The molecule has 0 radical (unpaired) electrons. The fourth-order valence-electron chi connectivity index (χ4n) is 2.36. The first-order valence-electron chi connectivity index (χ1n) is 6.33. The molecule has 0 aromatic heterocycles. The van der Waals surface area contributed by atoms with Gasteiger partial charge in [-0.15, -0.1) is 0 Å². The van der Waals surface area contributed by atoms with Gasteiger partial charge in [0.05, 0.1) is 7.11 Å². The van der Waals surface area contributed by atoms with E-state index < -0.39 is 0 Å². The predicted molar refractivity (Wildman–Crippen MR) is 82.8 cm³/mol. The highest BCUT2D eigenvalue weighted by Gasteiger charge is 2.28. The number of hydrogen-bond donors (Lipinski definition) is 1. The summed E-state index contributed by atoms with van der Waals surface area (Å²) in [4.78, 5) is 0. The summed E-state index contributed by atoms with van der Waals surface area (Å²) in [6, 6.07) is 8.38. The summed E-state index contributed by atoms with van der Waals surface area (Å²) in [5.74, 6) is 3.43. The van der Waals surface area contributed by atoms with Crippen molar-refractivity contribution in [3.8, 4) is 5.75 Å². The first kappa shape index (κ1) is 14.1. The summed E-state index contributed by atoms with van der Waals surface area (Å²) in [6.07, 6.45) is 0.895. The van der Waals surface area contributed by atoms with Gasteiger partial charge in [0.1, 0.15) is 5.75 Å². The van der Waals surface area contributed by atoms with E-state index in [1.54, 1.807) is 7.11 Å². The molecule has 2 N–H and O–H groups in total. The molecule has 18 heavy (non-hydrogen) atoms. The summed E-state index contributed by atoms with van der Waals surface area (Å²) < 4.78 is 5.39. The van der Waals surface area contributed by atoms with Gasteiger partial charge in [0.2, 0.25) is 0 Å². The third-order valence-electron chi connectivity index (χ3n) is 3.31. The van der Waals surface area contributed by atoms with Crippen LogP contribution in [0.5, 0.6) is 5.75 Å². The van der Waals surface area contributed by atoms with E-state index in [4.69, 9.17) is 10.5 Å². The second kappa shape index (κ2) is 6.73. The highest BCUT2D eigenvalue weighted by atomic mass is 32.2. The van der Waals surface area contributed by atoms with Gasteiger partial charge in [0.15, 0.2) is 0 Å². The maximum atomic E-state index is 6.40. The van der Waals surface area contributed by atoms with Gasteiger partial charge in [-0.1, -0.05) is 25.1 Å². The average Bonchev–Trinajstić information content (AvgIpc) is 2.39. The van der Waals surface area contributed by atoms with Crippen molar-refractivity contribution < 1.29 is 4.74 Å². The first-order valence-corrected chi connectivity index (χ1v) is 8.43. The van der Waals surface area contributed by atoms with Gasteiger partial charge in [-0.25, -0.2) is 0 Å². The Kier molecular flexibility index (Phi) is 5.27. The molecule has 1 aromatic rings. The second-order valence-corrected chi connectivity index (χ2v) is 7.36. The number of benzene rings is 1. The maximum Gasteiger partial charge on any atom is 0.122 e. The molecule has 100 valence electrons. The van der Waals surface area contributed by atoms with Crippen molar-refractivity contribution in [2.45, 2.75) is 29.9 Å². The van der Waals surface area contributed by atoms with E-state index in [2.05, 4.69) is 19.1 Å². The van der Waals surface area contributed by atoms with Crippen molar-refractivity contribution in [2.24, 2.45) is 5.73 Å². The van der Waals surface area contributed by atoms with Gasteiger partial charge in [0, 0.05) is 28.0 Å². The molecule has 3 unspecified atom stereocenters. The van der Waals surface area contributed by atoms with Gasteiger partial charge in [-0.3, -0.25) is 0 Å². The number of methoxy groups -OCH3 is 1. The van der Waals surface area contributed by atoms with Crippen LogP contribution in [0.15, 0.2) is 24.3 Å². The van der Waals surface area contributed by atoms with E-state index in [9.17, 15) is 0 Å². The molecule has 0 bridgehead atoms. The molecule has 1 aliphatic rings. The molecule has 2 rings (SSSR count). The van der Waals surface area contributed by atoms with Crippen molar-refractivity contribution in [3.63, 3.8) is 0 Å². The molecule has 1 fully saturated rings. The van der Waals surface area contributed by atoms with E-state index in [0.29, 0.717) is 10.5 Å². The second-order valence-electron chi connectivity index (χ2n) is 4.59. The van der Waals surface area contributed by atoms with Gasteiger partial charge in [-0.05, 0) is 18.1 Å². The number of rotatable bonds is 4. The van der Waals surface area contributed by atoms with Crippen LogP contribution in [-0.2, 0) is 6.42 Å². The van der Waals surface area contributed by atoms with Crippen LogP contribution in [0, 0.1) is 0 Å². The van der Waals surface area contributed by atoms with Gasteiger partial charge in [-0.2, -0.15) is 23.5 Å². The minimum absolute atomic E-state index is 0.203. The van der Waals surface area contributed by atoms with E-state index in [-0.39, 0.29) is 6.04 Å². The number of para-hydroxylation sites is 1. The van der Waals surface area contributed by atoms with Crippen LogP contribution in [0.3, 0.4) is 0 Å². The molecule has 1 aliphatic heterocycles. The Morgan fingerprint density at radius 2 is 2.06 bits per heavy atom. The summed E-state index contributed by atoms with van der Waals surface area (Å²) in [6.45, 7) is 2.30. The average molecular weight is 283 g/mol. The van der Waals surface area contributed by atoms with Crippen LogP contribution in [0.2, 0.25) is 0 Å². The molecule has 0 aliphatic carbocycles. The Balaban J connectivity index is 2.03. The van der Waals surface area contributed by atoms with Crippen LogP contribution in [0.1, 0.15) is 12.5 Å². The lowest BCUT2D eigenvalue weighted by atomic mass is 10.0. The fourth-order valence-corrected chi connectivity index (χ4v) is 5.25. The quantitative estimate of drug-likeness (QED) is 0.921. The lowest BCUT2D eigenvalue weighted by molar-refractivity contribution is 0.407. The molecular formula is C14H21NOS2. The Bertz CT molecular complexity index is 386. The Labute approximate surface area is 118 Å². The van der Waals surface area contributed by atoms with Crippen molar-refractivity contribution in [1.82, 2.24) is 0 Å². The topological polar surface area (TPSA) is 35.2 Å². The normalized spacial score (nSPS) is 25.7. The van der Waals surface area contributed by atoms with Gasteiger partial charge < -0.3 is 10.5 Å².